The van der Waals surface area contributed by atoms with Crippen LogP contribution in [0.2, 0.25) is 0 Å². The lowest BCUT2D eigenvalue weighted by Gasteiger charge is -2.10. The number of carbonyl (C=O) groups is 1. The molecule has 0 aliphatic heterocycles. The van der Waals surface area contributed by atoms with Gasteiger partial charge in [0.05, 0.1) is 0 Å². The van der Waals surface area contributed by atoms with Gasteiger partial charge in [-0.1, -0.05) is 26.0 Å². The van der Waals surface area contributed by atoms with Crippen molar-refractivity contribution in [1.82, 2.24) is 0 Å². The molecule has 2 aromatic carbocycles. The average Bonchev–Trinajstić information content (AvgIpc) is 2.44. The van der Waals surface area contributed by atoms with Crippen LogP contribution in [-0.2, 0) is 0 Å². The predicted octanol–water partition coefficient (Wildman–Crippen LogP) is 4.48. The number of halogens is 3. The van der Waals surface area contributed by atoms with Crippen molar-refractivity contribution < 1.29 is 18.0 Å². The van der Waals surface area contributed by atoms with Crippen LogP contribution in [0.15, 0.2) is 36.4 Å². The highest BCUT2D eigenvalue weighted by Gasteiger charge is 2.15. The largest absolute Gasteiger partial charge is 0.322 e. The summed E-state index contributed by atoms with van der Waals surface area (Å²) in [6, 6.07) is 8.47. The second kappa shape index (κ2) is 5.99. The summed E-state index contributed by atoms with van der Waals surface area (Å²) in [4.78, 5) is 11.9. The second-order valence-corrected chi connectivity index (χ2v) is 4.99. The number of hydrogen-bond donors (Lipinski definition) is 1. The zero-order valence-electron chi connectivity index (χ0n) is 11.6. The van der Waals surface area contributed by atoms with Crippen molar-refractivity contribution in [1.29, 1.82) is 0 Å². The van der Waals surface area contributed by atoms with Crippen LogP contribution in [0.3, 0.4) is 0 Å². The molecule has 110 valence electrons. The Morgan fingerprint density at radius 1 is 1.05 bits per heavy atom. The molecule has 5 heteroatoms. The Balaban J connectivity index is 2.24. The van der Waals surface area contributed by atoms with Gasteiger partial charge in [0.25, 0.3) is 5.91 Å². The molecule has 0 bridgehead atoms. The van der Waals surface area contributed by atoms with E-state index < -0.39 is 23.4 Å². The van der Waals surface area contributed by atoms with Gasteiger partial charge in [-0.05, 0) is 35.7 Å². The summed E-state index contributed by atoms with van der Waals surface area (Å²) in [5.41, 5.74) is 1.25. The lowest BCUT2D eigenvalue weighted by molar-refractivity contribution is 0.102. The summed E-state index contributed by atoms with van der Waals surface area (Å²) in [6.07, 6.45) is 0. The molecular weight excluding hydrogens is 279 g/mol. The van der Waals surface area contributed by atoms with E-state index >= 15 is 0 Å². The molecule has 0 unspecified atom stereocenters. The molecule has 2 nitrogen and oxygen atoms in total. The third kappa shape index (κ3) is 3.42. The fourth-order valence-corrected chi connectivity index (χ4v) is 1.87. The Hall–Kier alpha value is -2.30. The van der Waals surface area contributed by atoms with Crippen LogP contribution < -0.4 is 5.32 Å². The van der Waals surface area contributed by atoms with E-state index in [0.29, 0.717) is 17.8 Å². The third-order valence-electron chi connectivity index (χ3n) is 3.06. The molecule has 2 aromatic rings. The van der Waals surface area contributed by atoms with Crippen molar-refractivity contribution in [2.75, 3.05) is 5.32 Å². The summed E-state index contributed by atoms with van der Waals surface area (Å²) < 4.78 is 39.1. The van der Waals surface area contributed by atoms with Gasteiger partial charge in [0.15, 0.2) is 17.5 Å². The molecule has 0 radical (unpaired) electrons. The van der Waals surface area contributed by atoms with Crippen molar-refractivity contribution in [3.05, 3.63) is 65.0 Å². The van der Waals surface area contributed by atoms with Crippen LogP contribution in [0.5, 0.6) is 0 Å². The maximum atomic E-state index is 13.1. The van der Waals surface area contributed by atoms with Gasteiger partial charge in [0, 0.05) is 11.3 Å². The van der Waals surface area contributed by atoms with E-state index in [-0.39, 0.29) is 11.5 Å². The van der Waals surface area contributed by atoms with Gasteiger partial charge >= 0.3 is 0 Å². The maximum Gasteiger partial charge on any atom is 0.255 e. The van der Waals surface area contributed by atoms with Gasteiger partial charge < -0.3 is 5.32 Å². The fourth-order valence-electron chi connectivity index (χ4n) is 1.87. The van der Waals surface area contributed by atoms with Crippen molar-refractivity contribution in [3.8, 4) is 0 Å². The molecule has 21 heavy (non-hydrogen) atoms. The van der Waals surface area contributed by atoms with Gasteiger partial charge in [-0.15, -0.1) is 0 Å². The van der Waals surface area contributed by atoms with E-state index in [1.165, 1.54) is 0 Å². The highest BCUT2D eigenvalue weighted by atomic mass is 19.2. The fraction of sp³-hybridized carbons (Fsp3) is 0.188. The second-order valence-electron chi connectivity index (χ2n) is 4.99. The Morgan fingerprint density at radius 3 is 2.24 bits per heavy atom. The van der Waals surface area contributed by atoms with Crippen LogP contribution in [-0.4, -0.2) is 5.91 Å². The van der Waals surface area contributed by atoms with Gasteiger partial charge in [-0.2, -0.15) is 0 Å². The number of hydrogen-bond acceptors (Lipinski definition) is 1. The molecule has 0 fully saturated rings. The number of amides is 1. The van der Waals surface area contributed by atoms with E-state index in [0.717, 1.165) is 5.56 Å². The summed E-state index contributed by atoms with van der Waals surface area (Å²) in [7, 11) is 0. The number of benzene rings is 2. The lowest BCUT2D eigenvalue weighted by Crippen LogP contribution is -2.13. The predicted molar refractivity (Wildman–Crippen MR) is 74.8 cm³/mol. The van der Waals surface area contributed by atoms with E-state index in [4.69, 9.17) is 0 Å². The molecule has 0 atom stereocenters. The summed E-state index contributed by atoms with van der Waals surface area (Å²) >= 11 is 0. The normalized spacial score (nSPS) is 10.8. The van der Waals surface area contributed by atoms with Crippen molar-refractivity contribution in [3.63, 3.8) is 0 Å². The SMILES string of the molecule is CC(C)c1cccc(NC(=O)c2cc(F)c(F)c(F)c2)c1. The first-order chi connectivity index (χ1) is 9.88. The van der Waals surface area contributed by atoms with Crippen LogP contribution >= 0.6 is 0 Å². The quantitative estimate of drug-likeness (QED) is 0.831. The molecule has 0 aromatic heterocycles. The highest BCUT2D eigenvalue weighted by Crippen LogP contribution is 2.20. The van der Waals surface area contributed by atoms with E-state index in [1.54, 1.807) is 18.2 Å². The minimum absolute atomic E-state index is 0.277. The maximum absolute atomic E-state index is 13.1. The summed E-state index contributed by atoms with van der Waals surface area (Å²) in [5.74, 6) is -4.79. The zero-order chi connectivity index (χ0) is 15.6. The first-order valence-electron chi connectivity index (χ1n) is 6.44. The molecule has 0 aliphatic rings. The molecule has 0 saturated carbocycles. The Labute approximate surface area is 120 Å². The third-order valence-corrected chi connectivity index (χ3v) is 3.06. The van der Waals surface area contributed by atoms with Gasteiger partial charge in [-0.25, -0.2) is 13.2 Å². The first-order valence-corrected chi connectivity index (χ1v) is 6.44. The summed E-state index contributed by atoms with van der Waals surface area (Å²) in [6.45, 7) is 4.01. The zero-order valence-corrected chi connectivity index (χ0v) is 11.6. The lowest BCUT2D eigenvalue weighted by atomic mass is 10.0. The molecule has 2 rings (SSSR count). The first kappa shape index (κ1) is 15.1. The van der Waals surface area contributed by atoms with Gasteiger partial charge in [0.2, 0.25) is 0 Å². The summed E-state index contributed by atoms with van der Waals surface area (Å²) in [5, 5.41) is 2.53. The molecular formula is C16H14F3NO. The Kier molecular flexibility index (Phi) is 4.31. The Morgan fingerprint density at radius 2 is 1.67 bits per heavy atom. The number of carbonyl (C=O) groups excluding carboxylic acids is 1. The van der Waals surface area contributed by atoms with Crippen molar-refractivity contribution in [2.24, 2.45) is 0 Å². The number of anilines is 1. The van der Waals surface area contributed by atoms with Crippen LogP contribution in [0.25, 0.3) is 0 Å². The van der Waals surface area contributed by atoms with E-state index in [1.807, 2.05) is 19.9 Å². The average molecular weight is 293 g/mol. The topological polar surface area (TPSA) is 29.1 Å². The van der Waals surface area contributed by atoms with Crippen LogP contribution in [0.4, 0.5) is 18.9 Å². The minimum Gasteiger partial charge on any atom is -0.322 e. The monoisotopic (exact) mass is 293 g/mol. The molecule has 1 N–H and O–H groups in total. The Bertz CT molecular complexity index is 660. The minimum atomic E-state index is -1.59. The van der Waals surface area contributed by atoms with E-state index in [9.17, 15) is 18.0 Å². The van der Waals surface area contributed by atoms with E-state index in [2.05, 4.69) is 5.32 Å². The standard InChI is InChI=1S/C16H14F3NO/c1-9(2)10-4-3-5-12(6-10)20-16(21)11-7-13(17)15(19)14(18)8-11/h3-9H,1-2H3,(H,20,21). The van der Waals surface area contributed by atoms with Gasteiger partial charge in [0.1, 0.15) is 0 Å². The molecule has 0 spiro atoms. The van der Waals surface area contributed by atoms with Crippen molar-refractivity contribution >= 4 is 11.6 Å². The van der Waals surface area contributed by atoms with Crippen LogP contribution in [0, 0.1) is 17.5 Å². The van der Waals surface area contributed by atoms with Crippen molar-refractivity contribution in [2.45, 2.75) is 19.8 Å². The molecule has 0 aliphatic carbocycles. The molecule has 0 saturated heterocycles. The molecule has 1 amide bonds. The number of nitrogens with one attached hydrogen (secondary N) is 1. The molecule has 0 heterocycles. The van der Waals surface area contributed by atoms with Crippen LogP contribution in [0.1, 0.15) is 35.7 Å². The highest BCUT2D eigenvalue weighted by molar-refractivity contribution is 6.04. The smallest absolute Gasteiger partial charge is 0.255 e. The van der Waals surface area contributed by atoms with Gasteiger partial charge in [-0.3, -0.25) is 4.79 Å². The number of rotatable bonds is 3.